The zero-order valence-electron chi connectivity index (χ0n) is 42.2. The minimum absolute atomic E-state index is 0.0472. The number of cyclic esters (lactones) is 1. The fourth-order valence-electron chi connectivity index (χ4n) is 10.3. The number of hydrogen-bond acceptors (Lipinski definition) is 19. The summed E-state index contributed by atoms with van der Waals surface area (Å²) >= 11 is 0. The highest BCUT2D eigenvalue weighted by Gasteiger charge is 2.53. The van der Waals surface area contributed by atoms with Gasteiger partial charge in [-0.2, -0.15) is 0 Å². The first kappa shape index (κ1) is 56.2. The fraction of sp³-hybridized carbons (Fsp3) is 0.792. The van der Waals surface area contributed by atoms with Crippen molar-refractivity contribution in [3.63, 3.8) is 0 Å². The SMILES string of the molecule is CC[C@H]1OC(=O)[C@H](C)[C@@H](O[C@H]2C[C@@](C)(OC)[C@@H](O)[C@H](C)O2)[C@H](C)[C@@H](O[C@@H]2O[C@H](C)C[C@H](N(C)CCc3cn(CCOc4ccccc4[N+](=O)[O-])nn3)[C@H]2O)[C@](C)(O)C[C@@H](C)C(=O)[C@H](C)[C@@H](O)[C@]1(C)O. The largest absolute Gasteiger partial charge is 0.485 e. The maximum atomic E-state index is 14.3. The second-order valence-electron chi connectivity index (χ2n) is 20.3. The molecule has 0 spiro atoms. The normalized spacial score (nSPS) is 39.7. The number of benzene rings is 1. The number of nitrogens with zero attached hydrogens (tertiary/aromatic N) is 5. The Hall–Kier alpha value is -3.74. The summed E-state index contributed by atoms with van der Waals surface area (Å²) in [6, 6.07) is 5.61. The average molecular weight is 980 g/mol. The summed E-state index contributed by atoms with van der Waals surface area (Å²) in [4.78, 5) is 41.2. The molecule has 2 aromatic rings. The van der Waals surface area contributed by atoms with Crippen molar-refractivity contribution in [3.8, 4) is 5.75 Å². The van der Waals surface area contributed by atoms with Gasteiger partial charge in [0.25, 0.3) is 0 Å². The molecule has 0 aliphatic carbocycles. The van der Waals surface area contributed by atoms with Crippen molar-refractivity contribution in [2.45, 2.75) is 192 Å². The summed E-state index contributed by atoms with van der Waals surface area (Å²) in [7, 11) is 3.32. The molecule has 0 unspecified atom stereocenters. The minimum atomic E-state index is -2.04. The lowest BCUT2D eigenvalue weighted by molar-refractivity contribution is -0.385. The van der Waals surface area contributed by atoms with Gasteiger partial charge in [0.2, 0.25) is 0 Å². The number of aromatic nitrogens is 3. The molecule has 390 valence electrons. The molecule has 5 N–H and O–H groups in total. The quantitative estimate of drug-likeness (QED) is 0.0975. The molecule has 5 rings (SSSR count). The monoisotopic (exact) mass is 980 g/mol. The van der Waals surface area contributed by atoms with Crippen molar-refractivity contribution in [2.75, 3.05) is 27.3 Å². The van der Waals surface area contributed by atoms with E-state index in [-0.39, 0.29) is 43.9 Å². The highest BCUT2D eigenvalue weighted by molar-refractivity contribution is 5.83. The third-order valence-electron chi connectivity index (χ3n) is 14.7. The summed E-state index contributed by atoms with van der Waals surface area (Å²) in [5.74, 6) is -5.19. The number of methoxy groups -OCH3 is 1. The van der Waals surface area contributed by atoms with Crippen LogP contribution < -0.4 is 4.74 Å². The maximum absolute atomic E-state index is 14.3. The molecule has 21 nitrogen and oxygen atoms in total. The Morgan fingerprint density at radius 1 is 0.971 bits per heavy atom. The standard InChI is InChI=1S/C48H77N5O16/c1-13-36-48(10,60)41(56)28(4)38(54)26(2)23-46(8,59)43(29(5)40(30(6)44(58)67-36)68-37-24-47(9,63-12)42(57)31(7)66-37)69-45-39(55)34(22-27(3)65-45)51(11)19-18-32-25-52(50-49-32)20-21-64-35-17-15-14-16-33(35)53(61)62/h14-17,25-31,34,36-37,39-43,45,55-57,59-60H,13,18-24H2,1-12H3/t26-,27-,28+,29+,30-,31+,34+,36-,37+,39-,40+,41-,42+,43-,45+,46-,47-,48-/m1/s1. The summed E-state index contributed by atoms with van der Waals surface area (Å²) in [6.45, 7) is 17.0. The number of ketones is 1. The molecule has 0 bridgehead atoms. The molecule has 3 saturated heterocycles. The van der Waals surface area contributed by atoms with Gasteiger partial charge in [-0.1, -0.05) is 45.0 Å². The topological polar surface area (TPSA) is 277 Å². The molecule has 1 aromatic carbocycles. The number of nitro groups is 1. The van der Waals surface area contributed by atoms with Crippen LogP contribution in [0.1, 0.15) is 101 Å². The van der Waals surface area contributed by atoms with Gasteiger partial charge >= 0.3 is 11.7 Å². The van der Waals surface area contributed by atoms with E-state index in [1.807, 2.05) is 18.9 Å². The van der Waals surface area contributed by atoms with Crippen LogP contribution in [0.25, 0.3) is 0 Å². The number of hydrogen-bond donors (Lipinski definition) is 5. The number of aliphatic hydroxyl groups excluding tert-OH is 3. The van der Waals surface area contributed by atoms with Gasteiger partial charge in [-0.25, -0.2) is 4.68 Å². The smallest absolute Gasteiger partial charge is 0.311 e. The van der Waals surface area contributed by atoms with Crippen LogP contribution >= 0.6 is 0 Å². The Kier molecular flexibility index (Phi) is 18.9. The molecule has 18 atom stereocenters. The molecular weight excluding hydrogens is 903 g/mol. The molecule has 69 heavy (non-hydrogen) atoms. The zero-order valence-corrected chi connectivity index (χ0v) is 42.2. The Labute approximate surface area is 404 Å². The van der Waals surface area contributed by atoms with E-state index in [0.29, 0.717) is 25.1 Å². The van der Waals surface area contributed by atoms with Crippen molar-refractivity contribution >= 4 is 17.4 Å². The lowest BCUT2D eigenvalue weighted by Crippen LogP contribution is -2.61. The number of carbonyl (C=O) groups is 2. The number of esters is 1. The fourth-order valence-corrected chi connectivity index (χ4v) is 10.3. The number of rotatable bonds is 15. The van der Waals surface area contributed by atoms with Gasteiger partial charge in [0.1, 0.15) is 36.3 Å². The van der Waals surface area contributed by atoms with Crippen LogP contribution in [0.2, 0.25) is 0 Å². The van der Waals surface area contributed by atoms with Gasteiger partial charge in [-0.15, -0.1) is 5.10 Å². The predicted molar refractivity (Wildman–Crippen MR) is 248 cm³/mol. The van der Waals surface area contributed by atoms with Crippen molar-refractivity contribution in [1.82, 2.24) is 19.9 Å². The Morgan fingerprint density at radius 3 is 2.30 bits per heavy atom. The van der Waals surface area contributed by atoms with E-state index in [9.17, 15) is 45.2 Å². The van der Waals surface area contributed by atoms with Crippen LogP contribution in [0.15, 0.2) is 30.5 Å². The summed E-state index contributed by atoms with van der Waals surface area (Å²) in [6.07, 6.45) is -8.66. The van der Waals surface area contributed by atoms with Gasteiger partial charge in [-0.05, 0) is 73.9 Å². The molecule has 3 aliphatic rings. The summed E-state index contributed by atoms with van der Waals surface area (Å²) < 4.78 is 44.9. The van der Waals surface area contributed by atoms with Gasteiger partial charge in [0.15, 0.2) is 18.3 Å². The number of carbonyl (C=O) groups excluding carboxylic acids is 2. The van der Waals surface area contributed by atoms with Crippen molar-refractivity contribution in [3.05, 3.63) is 46.3 Å². The van der Waals surface area contributed by atoms with E-state index in [1.165, 1.54) is 40.0 Å². The Bertz CT molecular complexity index is 2020. The van der Waals surface area contributed by atoms with Crippen molar-refractivity contribution in [1.29, 1.82) is 0 Å². The molecule has 0 saturated carbocycles. The Balaban J connectivity index is 1.41. The van der Waals surface area contributed by atoms with E-state index in [4.69, 9.17) is 33.2 Å². The molecule has 3 aliphatic heterocycles. The zero-order chi connectivity index (χ0) is 51.3. The molecule has 1 aromatic heterocycles. The number of aliphatic hydroxyl groups is 5. The highest BCUT2D eigenvalue weighted by Crippen LogP contribution is 2.41. The van der Waals surface area contributed by atoms with E-state index >= 15 is 0 Å². The lowest BCUT2D eigenvalue weighted by Gasteiger charge is -2.49. The van der Waals surface area contributed by atoms with Gasteiger partial charge in [-0.3, -0.25) is 19.7 Å². The first-order valence-corrected chi connectivity index (χ1v) is 24.1. The number of Topliss-reactive ketones (excluding diaryl/α,β-unsaturated/α-hetero) is 1. The third-order valence-corrected chi connectivity index (χ3v) is 14.7. The third kappa shape index (κ3) is 13.0. The van der Waals surface area contributed by atoms with Gasteiger partial charge in [0.05, 0.1) is 64.8 Å². The van der Waals surface area contributed by atoms with Crippen LogP contribution in [0.3, 0.4) is 0 Å². The molecule has 4 heterocycles. The van der Waals surface area contributed by atoms with E-state index < -0.39 is 125 Å². The van der Waals surface area contributed by atoms with Gasteiger partial charge in [0, 0.05) is 62.6 Å². The van der Waals surface area contributed by atoms with Gasteiger partial charge < -0.3 is 63.6 Å². The second-order valence-corrected chi connectivity index (χ2v) is 20.3. The molecular formula is C48H77N5O16. The van der Waals surface area contributed by atoms with Crippen LogP contribution in [0.4, 0.5) is 5.69 Å². The minimum Gasteiger partial charge on any atom is -0.485 e. The van der Waals surface area contributed by atoms with E-state index in [0.717, 1.165) is 0 Å². The van der Waals surface area contributed by atoms with Crippen LogP contribution in [-0.2, 0) is 51.0 Å². The molecule has 0 radical (unpaired) electrons. The number of para-hydroxylation sites is 2. The van der Waals surface area contributed by atoms with E-state index in [1.54, 1.807) is 64.6 Å². The van der Waals surface area contributed by atoms with E-state index in [2.05, 4.69) is 10.3 Å². The summed E-state index contributed by atoms with van der Waals surface area (Å²) in [5.41, 5.74) is -4.51. The molecule has 0 amide bonds. The van der Waals surface area contributed by atoms with Crippen LogP contribution in [-0.4, -0.2) is 174 Å². The lowest BCUT2D eigenvalue weighted by atomic mass is 9.74. The maximum Gasteiger partial charge on any atom is 0.311 e. The van der Waals surface area contributed by atoms with Crippen molar-refractivity contribution in [2.24, 2.45) is 23.7 Å². The number of nitro benzene ring substituents is 1. The first-order chi connectivity index (χ1) is 32.3. The highest BCUT2D eigenvalue weighted by atomic mass is 16.7. The first-order valence-electron chi connectivity index (χ1n) is 24.1. The van der Waals surface area contributed by atoms with Crippen LogP contribution in [0, 0.1) is 33.8 Å². The average Bonchev–Trinajstić information content (AvgIpc) is 3.76. The molecule has 3 fully saturated rings. The van der Waals surface area contributed by atoms with Crippen molar-refractivity contribution < 1.29 is 73.2 Å². The predicted octanol–water partition coefficient (Wildman–Crippen LogP) is 2.98. The number of ether oxygens (including phenoxy) is 7. The molecule has 21 heteroatoms. The number of likely N-dealkylation sites (N-methyl/N-ethyl adjacent to an activating group) is 1. The summed E-state index contributed by atoms with van der Waals surface area (Å²) in [5, 5.41) is 78.9. The Morgan fingerprint density at radius 2 is 1.65 bits per heavy atom. The second kappa shape index (κ2) is 23.2. The van der Waals surface area contributed by atoms with Crippen LogP contribution in [0.5, 0.6) is 5.75 Å².